The monoisotopic (exact) mass is 261 g/mol. The van der Waals surface area contributed by atoms with Crippen LogP contribution >= 0.6 is 0 Å². The Labute approximate surface area is 118 Å². The van der Waals surface area contributed by atoms with E-state index < -0.39 is 0 Å². The van der Waals surface area contributed by atoms with Gasteiger partial charge in [0.2, 0.25) is 0 Å². The smallest absolute Gasteiger partial charge is 0.116 e. The lowest BCUT2D eigenvalue weighted by Crippen LogP contribution is -1.85. The summed E-state index contributed by atoms with van der Waals surface area (Å²) < 4.78 is 0. The molecule has 3 aromatic rings. The van der Waals surface area contributed by atoms with Crippen LogP contribution in [0, 0.1) is 0 Å². The first-order valence-electron chi connectivity index (χ1n) is 6.56. The number of aromatic hydroxyl groups is 1. The van der Waals surface area contributed by atoms with Gasteiger partial charge in [-0.05, 0) is 48.4 Å². The quantitative estimate of drug-likeness (QED) is 0.736. The minimum absolute atomic E-state index is 0.279. The van der Waals surface area contributed by atoms with Gasteiger partial charge in [0.1, 0.15) is 5.75 Å². The Balaban J connectivity index is 2.00. The van der Waals surface area contributed by atoms with Gasteiger partial charge in [0.05, 0.1) is 11.2 Å². The molecule has 0 aliphatic carbocycles. The molecule has 1 N–H and O–H groups in total. The van der Waals surface area contributed by atoms with E-state index in [1.54, 1.807) is 12.1 Å². The maximum Gasteiger partial charge on any atom is 0.116 e. The first-order chi connectivity index (χ1) is 9.72. The summed E-state index contributed by atoms with van der Waals surface area (Å²) in [4.78, 5) is 4.62. The van der Waals surface area contributed by atoms with Crippen molar-refractivity contribution in [3.05, 3.63) is 71.9 Å². The Morgan fingerprint density at radius 3 is 2.70 bits per heavy atom. The van der Waals surface area contributed by atoms with Crippen LogP contribution in [0.15, 0.2) is 60.7 Å². The summed E-state index contributed by atoms with van der Waals surface area (Å²) in [6, 6.07) is 19.4. The van der Waals surface area contributed by atoms with E-state index in [-0.39, 0.29) is 5.75 Å². The standard InChI is InChI=1S/C18H15NO/c1-13(15-6-4-7-17(20)12-15)11-16-10-9-14-5-2-3-8-18(14)19-16/h2-12,20H,1H3/b13-11+. The van der Waals surface area contributed by atoms with Crippen molar-refractivity contribution in [1.29, 1.82) is 0 Å². The maximum absolute atomic E-state index is 9.53. The summed E-state index contributed by atoms with van der Waals surface area (Å²) >= 11 is 0. The van der Waals surface area contributed by atoms with Crippen molar-refractivity contribution in [3.8, 4) is 5.75 Å². The number of phenols is 1. The van der Waals surface area contributed by atoms with Crippen molar-refractivity contribution >= 4 is 22.6 Å². The molecule has 0 fully saturated rings. The Morgan fingerprint density at radius 1 is 1.00 bits per heavy atom. The highest BCUT2D eigenvalue weighted by Gasteiger charge is 1.99. The number of phenolic OH excluding ortho intramolecular Hbond substituents is 1. The number of aromatic nitrogens is 1. The molecule has 0 saturated heterocycles. The van der Waals surface area contributed by atoms with Crippen LogP contribution in [0.4, 0.5) is 0 Å². The molecule has 1 heterocycles. The van der Waals surface area contributed by atoms with Gasteiger partial charge in [-0.15, -0.1) is 0 Å². The van der Waals surface area contributed by atoms with Gasteiger partial charge in [0, 0.05) is 5.39 Å². The first-order valence-corrected chi connectivity index (χ1v) is 6.56. The molecule has 20 heavy (non-hydrogen) atoms. The van der Waals surface area contributed by atoms with Gasteiger partial charge < -0.3 is 5.11 Å². The van der Waals surface area contributed by atoms with Crippen LogP contribution in [0.2, 0.25) is 0 Å². The van der Waals surface area contributed by atoms with E-state index in [2.05, 4.69) is 17.1 Å². The predicted octanol–water partition coefficient (Wildman–Crippen LogP) is 4.50. The molecule has 98 valence electrons. The van der Waals surface area contributed by atoms with Gasteiger partial charge in [-0.1, -0.05) is 36.4 Å². The van der Waals surface area contributed by atoms with Crippen LogP contribution in [0.1, 0.15) is 18.2 Å². The number of nitrogens with zero attached hydrogens (tertiary/aromatic N) is 1. The van der Waals surface area contributed by atoms with Crippen molar-refractivity contribution < 1.29 is 5.11 Å². The molecule has 0 saturated carbocycles. The maximum atomic E-state index is 9.53. The third kappa shape index (κ3) is 2.54. The highest BCUT2D eigenvalue weighted by Crippen LogP contribution is 2.21. The van der Waals surface area contributed by atoms with Crippen LogP contribution in [0.3, 0.4) is 0 Å². The number of pyridine rings is 1. The zero-order valence-electron chi connectivity index (χ0n) is 11.2. The molecule has 0 amide bonds. The Hall–Kier alpha value is -2.61. The topological polar surface area (TPSA) is 33.1 Å². The van der Waals surface area contributed by atoms with Crippen molar-refractivity contribution in [2.45, 2.75) is 6.92 Å². The lowest BCUT2D eigenvalue weighted by atomic mass is 10.1. The summed E-state index contributed by atoms with van der Waals surface area (Å²) in [5, 5.41) is 10.7. The lowest BCUT2D eigenvalue weighted by Gasteiger charge is -2.03. The Kier molecular flexibility index (Phi) is 3.21. The fraction of sp³-hybridized carbons (Fsp3) is 0.0556. The van der Waals surface area contributed by atoms with Gasteiger partial charge in [-0.25, -0.2) is 4.98 Å². The largest absolute Gasteiger partial charge is 0.508 e. The second-order valence-electron chi connectivity index (χ2n) is 4.81. The van der Waals surface area contributed by atoms with E-state index in [9.17, 15) is 5.11 Å². The molecule has 0 aliphatic rings. The number of hydrogen-bond acceptors (Lipinski definition) is 2. The van der Waals surface area contributed by atoms with Gasteiger partial charge >= 0.3 is 0 Å². The molecule has 3 rings (SSSR count). The van der Waals surface area contributed by atoms with Gasteiger partial charge in [-0.3, -0.25) is 0 Å². The molecule has 0 radical (unpaired) electrons. The summed E-state index contributed by atoms with van der Waals surface area (Å²) in [6.07, 6.45) is 2.03. The summed E-state index contributed by atoms with van der Waals surface area (Å²) in [5.74, 6) is 0.279. The average molecular weight is 261 g/mol. The fourth-order valence-corrected chi connectivity index (χ4v) is 2.22. The molecule has 2 aromatic carbocycles. The number of allylic oxidation sites excluding steroid dienone is 1. The van der Waals surface area contributed by atoms with Gasteiger partial charge in [-0.2, -0.15) is 0 Å². The molecule has 1 aromatic heterocycles. The molecule has 0 unspecified atom stereocenters. The van der Waals surface area contributed by atoms with E-state index in [1.165, 1.54) is 0 Å². The third-order valence-corrected chi connectivity index (χ3v) is 3.29. The predicted molar refractivity (Wildman–Crippen MR) is 83.4 cm³/mol. The van der Waals surface area contributed by atoms with Crippen molar-refractivity contribution in [2.24, 2.45) is 0 Å². The van der Waals surface area contributed by atoms with Crippen LogP contribution in [0.25, 0.3) is 22.6 Å². The second kappa shape index (κ2) is 5.17. The zero-order valence-corrected chi connectivity index (χ0v) is 11.2. The number of fused-ring (bicyclic) bond motifs is 1. The minimum Gasteiger partial charge on any atom is -0.508 e. The van der Waals surface area contributed by atoms with E-state index >= 15 is 0 Å². The van der Waals surface area contributed by atoms with Crippen LogP contribution in [-0.2, 0) is 0 Å². The number of para-hydroxylation sites is 1. The summed E-state index contributed by atoms with van der Waals surface area (Å²) in [5.41, 5.74) is 3.98. The average Bonchev–Trinajstić information content (AvgIpc) is 2.47. The third-order valence-electron chi connectivity index (χ3n) is 3.29. The van der Waals surface area contributed by atoms with E-state index in [4.69, 9.17) is 0 Å². The SMILES string of the molecule is C/C(=C\c1ccc2ccccc2n1)c1cccc(O)c1. The van der Waals surface area contributed by atoms with E-state index in [1.807, 2.05) is 49.4 Å². The van der Waals surface area contributed by atoms with Crippen LogP contribution in [-0.4, -0.2) is 10.1 Å². The molecule has 0 spiro atoms. The lowest BCUT2D eigenvalue weighted by molar-refractivity contribution is 0.475. The van der Waals surface area contributed by atoms with Crippen molar-refractivity contribution in [1.82, 2.24) is 4.98 Å². The number of hydrogen-bond donors (Lipinski definition) is 1. The summed E-state index contributed by atoms with van der Waals surface area (Å²) in [7, 11) is 0. The van der Waals surface area contributed by atoms with Crippen LogP contribution < -0.4 is 0 Å². The van der Waals surface area contributed by atoms with Crippen molar-refractivity contribution in [2.75, 3.05) is 0 Å². The Morgan fingerprint density at radius 2 is 1.85 bits per heavy atom. The second-order valence-corrected chi connectivity index (χ2v) is 4.81. The highest BCUT2D eigenvalue weighted by molar-refractivity contribution is 5.83. The molecule has 0 atom stereocenters. The van der Waals surface area contributed by atoms with E-state index in [0.29, 0.717) is 0 Å². The van der Waals surface area contributed by atoms with E-state index in [0.717, 1.165) is 27.7 Å². The number of benzene rings is 2. The Bertz CT molecular complexity index is 790. The number of rotatable bonds is 2. The minimum atomic E-state index is 0.279. The van der Waals surface area contributed by atoms with Crippen molar-refractivity contribution in [3.63, 3.8) is 0 Å². The summed E-state index contributed by atoms with van der Waals surface area (Å²) in [6.45, 7) is 2.02. The molecular weight excluding hydrogens is 246 g/mol. The molecule has 0 aliphatic heterocycles. The molecule has 2 nitrogen and oxygen atoms in total. The first kappa shape index (κ1) is 12.4. The zero-order chi connectivity index (χ0) is 13.9. The highest BCUT2D eigenvalue weighted by atomic mass is 16.3. The fourth-order valence-electron chi connectivity index (χ4n) is 2.22. The van der Waals surface area contributed by atoms with Gasteiger partial charge in [0.25, 0.3) is 0 Å². The molecule has 2 heteroatoms. The molecular formula is C18H15NO. The molecule has 0 bridgehead atoms. The normalized spacial score (nSPS) is 11.8. The van der Waals surface area contributed by atoms with Gasteiger partial charge in [0.15, 0.2) is 0 Å². The van der Waals surface area contributed by atoms with Crippen LogP contribution in [0.5, 0.6) is 5.75 Å².